The van der Waals surface area contributed by atoms with E-state index in [2.05, 4.69) is 20.4 Å². The molecular weight excluding hydrogens is 156 g/mol. The number of nitrogens with zero attached hydrogens (tertiary/aromatic N) is 3. The van der Waals surface area contributed by atoms with Crippen molar-refractivity contribution in [2.24, 2.45) is 0 Å². The van der Waals surface area contributed by atoms with Crippen LogP contribution in [-0.2, 0) is 0 Å². The number of aryl methyl sites for hydroxylation is 1. The van der Waals surface area contributed by atoms with Gasteiger partial charge in [0.05, 0.1) is 11.9 Å². The van der Waals surface area contributed by atoms with Gasteiger partial charge in [0.25, 0.3) is 5.56 Å². The van der Waals surface area contributed by atoms with Gasteiger partial charge in [-0.2, -0.15) is 10.2 Å². The minimum absolute atomic E-state index is 0.306. The Hall–Kier alpha value is -1.78. The Morgan fingerprint density at radius 2 is 2.25 bits per heavy atom. The highest BCUT2D eigenvalue weighted by Gasteiger charge is 1.99. The summed E-state index contributed by atoms with van der Waals surface area (Å²) in [7, 11) is 0. The van der Waals surface area contributed by atoms with Crippen LogP contribution in [0.5, 0.6) is 0 Å². The summed E-state index contributed by atoms with van der Waals surface area (Å²) in [5.41, 5.74) is 0.797. The van der Waals surface area contributed by atoms with Gasteiger partial charge in [-0.1, -0.05) is 0 Å². The summed E-state index contributed by atoms with van der Waals surface area (Å²) in [6, 6.07) is 1.77. The van der Waals surface area contributed by atoms with Crippen molar-refractivity contribution in [1.29, 1.82) is 0 Å². The summed E-state index contributed by atoms with van der Waals surface area (Å²) in [5.74, 6) is 0. The predicted molar refractivity (Wildman–Crippen MR) is 42.7 cm³/mol. The second-order valence-corrected chi connectivity index (χ2v) is 2.49. The van der Waals surface area contributed by atoms with Crippen LogP contribution in [0, 0.1) is 6.92 Å². The first kappa shape index (κ1) is 6.90. The van der Waals surface area contributed by atoms with Gasteiger partial charge < -0.3 is 0 Å². The van der Waals surface area contributed by atoms with Gasteiger partial charge in [0, 0.05) is 5.39 Å². The average molecular weight is 162 g/mol. The van der Waals surface area contributed by atoms with E-state index in [0.29, 0.717) is 10.9 Å². The van der Waals surface area contributed by atoms with Crippen LogP contribution in [0.1, 0.15) is 5.69 Å². The second-order valence-electron chi connectivity index (χ2n) is 2.49. The van der Waals surface area contributed by atoms with Crippen molar-refractivity contribution >= 4 is 10.9 Å². The summed E-state index contributed by atoms with van der Waals surface area (Å²) in [6.45, 7) is 1.81. The van der Waals surface area contributed by atoms with Gasteiger partial charge in [-0.15, -0.1) is 5.10 Å². The molecule has 1 N–H and O–H groups in total. The van der Waals surface area contributed by atoms with Crippen LogP contribution < -0.4 is 5.56 Å². The summed E-state index contributed by atoms with van der Waals surface area (Å²) in [5, 5.41) is 14.2. The molecular formula is C7H6N4O. The van der Waals surface area contributed by atoms with Gasteiger partial charge in [0.2, 0.25) is 0 Å². The number of hydrogen-bond donors (Lipinski definition) is 1. The van der Waals surface area contributed by atoms with Crippen molar-refractivity contribution in [2.45, 2.75) is 6.92 Å². The predicted octanol–water partition coefficient (Wildman–Crippen LogP) is 0.0215. The zero-order chi connectivity index (χ0) is 8.55. The molecule has 5 nitrogen and oxygen atoms in total. The third-order valence-corrected chi connectivity index (χ3v) is 1.53. The van der Waals surface area contributed by atoms with Crippen LogP contribution in [0.4, 0.5) is 0 Å². The molecule has 2 aromatic rings. The lowest BCUT2D eigenvalue weighted by Gasteiger charge is -1.93. The zero-order valence-corrected chi connectivity index (χ0v) is 6.40. The molecule has 2 rings (SSSR count). The molecule has 0 saturated heterocycles. The SMILES string of the molecule is Cc1cc2cn[nH]c(=O)c2nn1. The molecule has 60 valence electrons. The zero-order valence-electron chi connectivity index (χ0n) is 6.40. The summed E-state index contributed by atoms with van der Waals surface area (Å²) in [4.78, 5) is 11.1. The fraction of sp³-hybridized carbons (Fsp3) is 0.143. The number of rotatable bonds is 0. The molecule has 5 heteroatoms. The van der Waals surface area contributed by atoms with E-state index in [1.807, 2.05) is 6.92 Å². The number of aromatic nitrogens is 4. The van der Waals surface area contributed by atoms with Crippen molar-refractivity contribution in [2.75, 3.05) is 0 Å². The maximum Gasteiger partial charge on any atom is 0.292 e. The Balaban J connectivity index is 2.96. The van der Waals surface area contributed by atoms with E-state index in [-0.39, 0.29) is 5.56 Å². The van der Waals surface area contributed by atoms with E-state index in [1.165, 1.54) is 0 Å². The van der Waals surface area contributed by atoms with E-state index >= 15 is 0 Å². The van der Waals surface area contributed by atoms with Crippen molar-refractivity contribution in [3.05, 3.63) is 28.3 Å². The first-order chi connectivity index (χ1) is 5.77. The topological polar surface area (TPSA) is 71.5 Å². The van der Waals surface area contributed by atoms with E-state index in [4.69, 9.17) is 0 Å². The molecule has 0 saturated carbocycles. The van der Waals surface area contributed by atoms with Crippen molar-refractivity contribution in [1.82, 2.24) is 20.4 Å². The van der Waals surface area contributed by atoms with Crippen LogP contribution in [0.2, 0.25) is 0 Å². The van der Waals surface area contributed by atoms with E-state index in [1.54, 1.807) is 12.3 Å². The van der Waals surface area contributed by atoms with Crippen LogP contribution in [0.3, 0.4) is 0 Å². The number of H-pyrrole nitrogens is 1. The van der Waals surface area contributed by atoms with Crippen molar-refractivity contribution in [3.8, 4) is 0 Å². The van der Waals surface area contributed by atoms with Gasteiger partial charge in [0.15, 0.2) is 5.52 Å². The second kappa shape index (κ2) is 2.37. The van der Waals surface area contributed by atoms with Crippen LogP contribution in [-0.4, -0.2) is 20.4 Å². The number of fused-ring (bicyclic) bond motifs is 1. The third kappa shape index (κ3) is 0.952. The molecule has 0 unspecified atom stereocenters. The van der Waals surface area contributed by atoms with Crippen molar-refractivity contribution in [3.63, 3.8) is 0 Å². The maximum atomic E-state index is 11.1. The van der Waals surface area contributed by atoms with Gasteiger partial charge in [-0.25, -0.2) is 5.10 Å². The molecule has 0 aliphatic heterocycles. The van der Waals surface area contributed by atoms with Crippen LogP contribution in [0.15, 0.2) is 17.1 Å². The Labute approximate surface area is 67.5 Å². The molecule has 0 bridgehead atoms. The fourth-order valence-corrected chi connectivity index (χ4v) is 0.997. The normalized spacial score (nSPS) is 10.4. The van der Waals surface area contributed by atoms with Gasteiger partial charge in [0.1, 0.15) is 0 Å². The van der Waals surface area contributed by atoms with E-state index in [0.717, 1.165) is 5.69 Å². The van der Waals surface area contributed by atoms with Gasteiger partial charge in [-0.05, 0) is 13.0 Å². The minimum atomic E-state index is -0.306. The summed E-state index contributed by atoms with van der Waals surface area (Å²) < 4.78 is 0. The fourth-order valence-electron chi connectivity index (χ4n) is 0.997. The summed E-state index contributed by atoms with van der Waals surface area (Å²) in [6.07, 6.45) is 1.55. The molecule has 0 radical (unpaired) electrons. The largest absolute Gasteiger partial charge is 0.292 e. The number of aromatic amines is 1. The molecule has 0 fully saturated rings. The minimum Gasteiger partial charge on any atom is -0.265 e. The first-order valence-corrected chi connectivity index (χ1v) is 3.45. The highest BCUT2D eigenvalue weighted by atomic mass is 16.1. The highest BCUT2D eigenvalue weighted by molar-refractivity contribution is 5.75. The highest BCUT2D eigenvalue weighted by Crippen LogP contribution is 2.03. The molecule has 0 aliphatic rings. The first-order valence-electron chi connectivity index (χ1n) is 3.45. The van der Waals surface area contributed by atoms with Crippen LogP contribution >= 0.6 is 0 Å². The lowest BCUT2D eigenvalue weighted by Crippen LogP contribution is -2.09. The monoisotopic (exact) mass is 162 g/mol. The Morgan fingerprint density at radius 1 is 1.42 bits per heavy atom. The molecule has 0 spiro atoms. The third-order valence-electron chi connectivity index (χ3n) is 1.53. The molecule has 0 aliphatic carbocycles. The number of nitrogens with one attached hydrogen (secondary N) is 1. The lowest BCUT2D eigenvalue weighted by molar-refractivity contribution is 0.962. The maximum absolute atomic E-state index is 11.1. The lowest BCUT2D eigenvalue weighted by atomic mass is 10.3. The van der Waals surface area contributed by atoms with Gasteiger partial charge in [-0.3, -0.25) is 4.79 Å². The Morgan fingerprint density at radius 3 is 3.08 bits per heavy atom. The van der Waals surface area contributed by atoms with Crippen LogP contribution in [0.25, 0.3) is 10.9 Å². The molecule has 12 heavy (non-hydrogen) atoms. The quantitative estimate of drug-likeness (QED) is 0.592. The Bertz CT molecular complexity index is 476. The van der Waals surface area contributed by atoms with E-state index in [9.17, 15) is 4.79 Å². The molecule has 2 heterocycles. The molecule has 0 atom stereocenters. The number of hydrogen-bond acceptors (Lipinski definition) is 4. The molecule has 2 aromatic heterocycles. The molecule has 0 aromatic carbocycles. The summed E-state index contributed by atoms with van der Waals surface area (Å²) >= 11 is 0. The standard InChI is InChI=1S/C7H6N4O/c1-4-2-5-3-8-11-7(12)6(5)10-9-4/h2-3H,1H3,(H,11,12). The van der Waals surface area contributed by atoms with E-state index < -0.39 is 0 Å². The van der Waals surface area contributed by atoms with Gasteiger partial charge >= 0.3 is 0 Å². The Kier molecular flexibility index (Phi) is 1.36. The van der Waals surface area contributed by atoms with Crippen molar-refractivity contribution < 1.29 is 0 Å². The smallest absolute Gasteiger partial charge is 0.265 e. The average Bonchev–Trinajstić information content (AvgIpc) is 2.04. The molecule has 0 amide bonds.